The van der Waals surface area contributed by atoms with Crippen LogP contribution >= 0.6 is 0 Å². The third-order valence-electron chi connectivity index (χ3n) is 6.44. The Hall–Kier alpha value is -4.35. The van der Waals surface area contributed by atoms with E-state index in [1.54, 1.807) is 34.4 Å². The second kappa shape index (κ2) is 7.86. The van der Waals surface area contributed by atoms with E-state index in [1.807, 2.05) is 14.0 Å². The van der Waals surface area contributed by atoms with Crippen LogP contribution in [0, 0.1) is 6.92 Å². The minimum Gasteiger partial charge on any atom is -0.431 e. The molecule has 0 unspecified atom stereocenters. The van der Waals surface area contributed by atoms with Crippen molar-refractivity contribution in [3.8, 4) is 11.5 Å². The average Bonchev–Trinajstić information content (AvgIpc) is 3.64. The minimum absolute atomic E-state index is 0.0595. The van der Waals surface area contributed by atoms with Crippen molar-refractivity contribution in [2.45, 2.75) is 25.8 Å². The number of carbonyl (C=O) groups is 1. The summed E-state index contributed by atoms with van der Waals surface area (Å²) < 4.78 is 36.1. The minimum atomic E-state index is -2.66. The van der Waals surface area contributed by atoms with E-state index in [-0.39, 0.29) is 16.8 Å². The lowest BCUT2D eigenvalue weighted by molar-refractivity contribution is 0.0655. The van der Waals surface area contributed by atoms with Crippen LogP contribution in [0.5, 0.6) is 0 Å². The number of hydrogen-bond donors (Lipinski definition) is 1. The maximum absolute atomic E-state index is 13.6. The number of nitrogens with zero attached hydrogens (tertiary/aromatic N) is 7. The highest BCUT2D eigenvalue weighted by atomic mass is 19.3. The summed E-state index contributed by atoms with van der Waals surface area (Å²) in [6.45, 7) is 2.24. The molecule has 0 radical (unpaired) electrons. The molecule has 0 fully saturated rings. The number of imidazole rings is 1. The lowest BCUT2D eigenvalue weighted by atomic mass is 9.99. The Morgan fingerprint density at radius 2 is 2.14 bits per heavy atom. The first-order chi connectivity index (χ1) is 16.9. The molecule has 35 heavy (non-hydrogen) atoms. The van der Waals surface area contributed by atoms with Gasteiger partial charge in [0, 0.05) is 43.2 Å². The van der Waals surface area contributed by atoms with Gasteiger partial charge in [0.05, 0.1) is 41.2 Å². The Morgan fingerprint density at radius 1 is 1.29 bits per heavy atom. The van der Waals surface area contributed by atoms with Crippen molar-refractivity contribution in [1.29, 1.82) is 0 Å². The van der Waals surface area contributed by atoms with Gasteiger partial charge < -0.3 is 14.3 Å². The van der Waals surface area contributed by atoms with E-state index in [9.17, 15) is 13.6 Å². The molecule has 6 rings (SSSR count). The van der Waals surface area contributed by atoms with Crippen LogP contribution in [-0.2, 0) is 13.5 Å². The van der Waals surface area contributed by atoms with E-state index in [4.69, 9.17) is 4.42 Å². The van der Waals surface area contributed by atoms with Crippen molar-refractivity contribution in [2.75, 3.05) is 6.54 Å². The quantitative estimate of drug-likeness (QED) is 0.424. The number of rotatable bonds is 4. The summed E-state index contributed by atoms with van der Waals surface area (Å²) in [4.78, 5) is 27.0. The van der Waals surface area contributed by atoms with Gasteiger partial charge in [0.2, 0.25) is 11.7 Å². The topological polar surface area (TPSA) is 110 Å². The van der Waals surface area contributed by atoms with Crippen molar-refractivity contribution in [2.24, 2.45) is 7.05 Å². The van der Waals surface area contributed by atoms with E-state index in [0.717, 1.165) is 11.4 Å². The van der Waals surface area contributed by atoms with Crippen molar-refractivity contribution >= 4 is 11.4 Å². The maximum Gasteiger partial charge on any atom is 0.292 e. The first kappa shape index (κ1) is 21.2. The number of H-pyrrole nitrogens is 1. The molecule has 0 aromatic carbocycles. The number of carbonyl (C=O) groups excluding carboxylic acids is 1. The molecular weight excluding hydrogens is 458 g/mol. The van der Waals surface area contributed by atoms with Crippen LogP contribution in [0.1, 0.15) is 51.4 Å². The monoisotopic (exact) mass is 478 g/mol. The smallest absolute Gasteiger partial charge is 0.292 e. The Morgan fingerprint density at radius 3 is 2.91 bits per heavy atom. The zero-order valence-corrected chi connectivity index (χ0v) is 18.8. The number of aromatic nitrogens is 7. The summed E-state index contributed by atoms with van der Waals surface area (Å²) in [5.41, 5.74) is 3.61. The van der Waals surface area contributed by atoms with Crippen LogP contribution < -0.4 is 0 Å². The third-order valence-corrected chi connectivity index (χ3v) is 6.44. The summed E-state index contributed by atoms with van der Waals surface area (Å²) in [5.74, 6) is -0.0402. The number of pyridine rings is 1. The maximum atomic E-state index is 13.6. The van der Waals surface area contributed by atoms with E-state index in [0.29, 0.717) is 35.8 Å². The zero-order chi connectivity index (χ0) is 24.3. The highest BCUT2D eigenvalue weighted by molar-refractivity contribution is 5.92. The summed E-state index contributed by atoms with van der Waals surface area (Å²) in [7, 11) is 1.81. The largest absolute Gasteiger partial charge is 0.431 e. The van der Waals surface area contributed by atoms with Gasteiger partial charge in [0.15, 0.2) is 0 Å². The second-order valence-electron chi connectivity index (χ2n) is 8.38. The number of amides is 1. The number of nitrogens with one attached hydrogen (secondary N) is 1. The van der Waals surface area contributed by atoms with Gasteiger partial charge in [-0.3, -0.25) is 9.48 Å². The van der Waals surface area contributed by atoms with Crippen LogP contribution in [0.15, 0.2) is 47.5 Å². The summed E-state index contributed by atoms with van der Waals surface area (Å²) in [5, 5.41) is 8.72. The van der Waals surface area contributed by atoms with Crippen LogP contribution in [-0.4, -0.2) is 51.7 Å². The Kier molecular flexibility index (Phi) is 4.76. The molecule has 5 aromatic rings. The number of aromatic amines is 1. The molecule has 12 heteroatoms. The fourth-order valence-corrected chi connectivity index (χ4v) is 4.52. The van der Waals surface area contributed by atoms with Crippen molar-refractivity contribution in [1.82, 2.24) is 39.2 Å². The van der Waals surface area contributed by atoms with Crippen molar-refractivity contribution in [3.05, 3.63) is 77.2 Å². The molecule has 1 amide bonds. The molecule has 178 valence electrons. The van der Waals surface area contributed by atoms with E-state index >= 15 is 0 Å². The van der Waals surface area contributed by atoms with Gasteiger partial charge in [-0.25, -0.2) is 23.3 Å². The molecule has 0 aliphatic carbocycles. The molecule has 0 bridgehead atoms. The molecule has 6 heterocycles. The molecule has 0 saturated carbocycles. The van der Waals surface area contributed by atoms with Gasteiger partial charge in [-0.05, 0) is 25.1 Å². The third kappa shape index (κ3) is 3.32. The van der Waals surface area contributed by atoms with Crippen molar-refractivity contribution in [3.63, 3.8) is 0 Å². The van der Waals surface area contributed by atoms with Gasteiger partial charge in [0.1, 0.15) is 6.04 Å². The lowest BCUT2D eigenvalue weighted by Gasteiger charge is -2.33. The Balaban J connectivity index is 1.41. The molecule has 0 spiro atoms. The van der Waals surface area contributed by atoms with Crippen LogP contribution in [0.2, 0.25) is 0 Å². The number of alkyl halides is 2. The Bertz CT molecular complexity index is 1560. The normalized spacial score (nSPS) is 15.8. The van der Waals surface area contributed by atoms with E-state index in [1.165, 1.54) is 22.8 Å². The predicted molar refractivity (Wildman–Crippen MR) is 119 cm³/mol. The van der Waals surface area contributed by atoms with Gasteiger partial charge in [0.25, 0.3) is 12.3 Å². The average molecular weight is 478 g/mol. The van der Waals surface area contributed by atoms with E-state index in [2.05, 4.69) is 25.1 Å². The molecule has 10 nitrogen and oxygen atoms in total. The molecular formula is C23H20F2N8O2. The zero-order valence-electron chi connectivity index (χ0n) is 18.8. The first-order valence-corrected chi connectivity index (χ1v) is 11.0. The first-order valence-electron chi connectivity index (χ1n) is 11.0. The molecule has 5 aromatic heterocycles. The summed E-state index contributed by atoms with van der Waals surface area (Å²) >= 11 is 0. The highest BCUT2D eigenvalue weighted by Crippen LogP contribution is 2.36. The molecule has 1 N–H and O–H groups in total. The number of oxazole rings is 1. The van der Waals surface area contributed by atoms with Gasteiger partial charge >= 0.3 is 0 Å². The SMILES string of the molecule is Cc1c(-c2ncc(C(=O)N3CCc4[nH]cnc4[C@@H]3c3cc4c(C(F)F)cccn4n3)o2)cnn1C. The van der Waals surface area contributed by atoms with Crippen LogP contribution in [0.25, 0.3) is 17.0 Å². The number of hydrogen-bond acceptors (Lipinski definition) is 6. The molecule has 1 atom stereocenters. The highest BCUT2D eigenvalue weighted by Gasteiger charge is 2.38. The fraction of sp³-hybridized carbons (Fsp3) is 0.261. The van der Waals surface area contributed by atoms with E-state index < -0.39 is 18.4 Å². The second-order valence-corrected chi connectivity index (χ2v) is 8.38. The molecule has 0 saturated heterocycles. The Labute approximate surface area is 197 Å². The standard InChI is InChI=1S/C23H20F2N8O2/c1-12-14(9-29-31(12)2)22-26-10-18(35-22)23(34)32-7-5-15-19(28-11-27-15)20(32)16-8-17-13(21(24)25)4-3-6-33(17)30-16/h3-4,6,8-11,20-21H,5,7H2,1-2H3,(H,27,28)/t20-/m0/s1. The predicted octanol–water partition coefficient (Wildman–Crippen LogP) is 3.48. The van der Waals surface area contributed by atoms with Gasteiger partial charge in [-0.1, -0.05) is 0 Å². The van der Waals surface area contributed by atoms with Gasteiger partial charge in [-0.2, -0.15) is 10.2 Å². The van der Waals surface area contributed by atoms with Gasteiger partial charge in [-0.15, -0.1) is 0 Å². The van der Waals surface area contributed by atoms with Crippen molar-refractivity contribution < 1.29 is 18.0 Å². The van der Waals surface area contributed by atoms with Crippen LogP contribution in [0.3, 0.4) is 0 Å². The van der Waals surface area contributed by atoms with Crippen LogP contribution in [0.4, 0.5) is 8.78 Å². The molecule has 1 aliphatic heterocycles. The fourth-order valence-electron chi connectivity index (χ4n) is 4.52. The number of halogens is 2. The lowest BCUT2D eigenvalue weighted by Crippen LogP contribution is -2.40. The number of aryl methyl sites for hydroxylation is 1. The summed E-state index contributed by atoms with van der Waals surface area (Å²) in [6.07, 6.45) is 4.08. The number of fused-ring (bicyclic) bond motifs is 2. The molecule has 1 aliphatic rings. The summed E-state index contributed by atoms with van der Waals surface area (Å²) in [6, 6.07) is 3.79.